The molecular weight excluding hydrogens is 421 g/mol. The molecule has 31 heavy (non-hydrogen) atoms. The molecule has 1 aliphatic rings. The molecule has 1 unspecified atom stereocenters. The largest absolute Gasteiger partial charge is 0.481 e. The van der Waals surface area contributed by atoms with E-state index in [0.717, 1.165) is 0 Å². The van der Waals surface area contributed by atoms with E-state index >= 15 is 0 Å². The van der Waals surface area contributed by atoms with Gasteiger partial charge in [0.05, 0.1) is 5.56 Å². The van der Waals surface area contributed by atoms with Crippen molar-refractivity contribution < 1.29 is 18.7 Å². The lowest BCUT2D eigenvalue weighted by Gasteiger charge is -2.22. The molecule has 2 amide bonds. The van der Waals surface area contributed by atoms with Crippen LogP contribution >= 0.6 is 11.6 Å². The highest BCUT2D eigenvalue weighted by Crippen LogP contribution is 2.30. The van der Waals surface area contributed by atoms with Crippen LogP contribution in [0.4, 0.5) is 10.1 Å². The Labute approximate surface area is 183 Å². The third kappa shape index (κ3) is 4.51. The first kappa shape index (κ1) is 20.8. The maximum Gasteiger partial charge on any atom is 0.263 e. The van der Waals surface area contributed by atoms with Gasteiger partial charge >= 0.3 is 0 Å². The quantitative estimate of drug-likeness (QED) is 0.610. The number of carbonyl (C=O) groups excluding carboxylic acids is 2. The van der Waals surface area contributed by atoms with Gasteiger partial charge in [-0.15, -0.1) is 0 Å². The number of nitrogens with one attached hydrogen (secondary N) is 1. The van der Waals surface area contributed by atoms with E-state index in [2.05, 4.69) is 10.3 Å². The van der Waals surface area contributed by atoms with Gasteiger partial charge in [-0.2, -0.15) is 0 Å². The second-order valence-electron chi connectivity index (χ2n) is 7.16. The fourth-order valence-corrected chi connectivity index (χ4v) is 3.60. The number of pyridine rings is 1. The monoisotopic (exact) mass is 439 g/mol. The molecule has 0 spiro atoms. The van der Waals surface area contributed by atoms with Gasteiger partial charge in [-0.05, 0) is 43.3 Å². The fourth-order valence-electron chi connectivity index (χ4n) is 3.40. The summed E-state index contributed by atoms with van der Waals surface area (Å²) in [5.74, 6) is -0.482. The zero-order chi connectivity index (χ0) is 22.0. The van der Waals surface area contributed by atoms with Crippen molar-refractivity contribution in [2.75, 3.05) is 5.32 Å². The maximum atomic E-state index is 14.1. The van der Waals surface area contributed by atoms with Gasteiger partial charge in [0.1, 0.15) is 16.7 Å². The molecule has 158 valence electrons. The average molecular weight is 440 g/mol. The van der Waals surface area contributed by atoms with E-state index in [0.29, 0.717) is 22.6 Å². The molecular formula is C23H19ClFN3O3. The zero-order valence-electron chi connectivity index (χ0n) is 16.6. The first-order valence-corrected chi connectivity index (χ1v) is 10.0. The molecule has 6 nitrogen and oxygen atoms in total. The Bertz CT molecular complexity index is 1150. The third-order valence-electron chi connectivity index (χ3n) is 4.97. The normalized spacial score (nSPS) is 15.6. The molecule has 1 aromatic heterocycles. The van der Waals surface area contributed by atoms with Crippen molar-refractivity contribution in [3.8, 4) is 5.75 Å². The molecule has 1 atom stereocenters. The molecule has 8 heteroatoms. The number of benzene rings is 2. The van der Waals surface area contributed by atoms with Crippen molar-refractivity contribution in [3.63, 3.8) is 0 Å². The van der Waals surface area contributed by atoms with Crippen LogP contribution in [-0.2, 0) is 17.9 Å². The summed E-state index contributed by atoms with van der Waals surface area (Å²) in [5.41, 5.74) is 1.88. The summed E-state index contributed by atoms with van der Waals surface area (Å²) < 4.78 is 19.9. The minimum atomic E-state index is -0.720. The number of carbonyl (C=O) groups is 2. The topological polar surface area (TPSA) is 71.5 Å². The van der Waals surface area contributed by atoms with E-state index in [1.54, 1.807) is 60.4 Å². The number of hydrogen-bond acceptors (Lipinski definition) is 4. The van der Waals surface area contributed by atoms with Crippen molar-refractivity contribution in [1.29, 1.82) is 0 Å². The molecule has 0 saturated carbocycles. The minimum Gasteiger partial charge on any atom is -0.481 e. The van der Waals surface area contributed by atoms with Crippen molar-refractivity contribution in [2.24, 2.45) is 0 Å². The summed E-state index contributed by atoms with van der Waals surface area (Å²) in [4.78, 5) is 30.8. The molecule has 0 bridgehead atoms. The van der Waals surface area contributed by atoms with E-state index in [1.807, 2.05) is 0 Å². The molecule has 0 aliphatic carbocycles. The summed E-state index contributed by atoms with van der Waals surface area (Å²) in [6.07, 6.45) is 0.781. The van der Waals surface area contributed by atoms with Gasteiger partial charge in [-0.1, -0.05) is 29.8 Å². The zero-order valence-corrected chi connectivity index (χ0v) is 17.4. The molecule has 0 saturated heterocycles. The Morgan fingerprint density at radius 2 is 2.06 bits per heavy atom. The summed E-state index contributed by atoms with van der Waals surface area (Å²) in [6.45, 7) is 1.98. The number of halogens is 2. The highest BCUT2D eigenvalue weighted by molar-refractivity contribution is 6.33. The van der Waals surface area contributed by atoms with Crippen molar-refractivity contribution in [2.45, 2.75) is 26.1 Å². The van der Waals surface area contributed by atoms with Crippen LogP contribution in [0, 0.1) is 5.82 Å². The summed E-state index contributed by atoms with van der Waals surface area (Å²) in [6, 6.07) is 14.7. The van der Waals surface area contributed by atoms with Gasteiger partial charge in [-0.25, -0.2) is 9.37 Å². The fraction of sp³-hybridized carbons (Fsp3) is 0.174. The molecule has 4 rings (SSSR count). The average Bonchev–Trinajstić information content (AvgIpc) is 2.86. The number of ether oxygens (including phenoxy) is 1. The molecule has 2 heterocycles. The second-order valence-corrected chi connectivity index (χ2v) is 7.52. The minimum absolute atomic E-state index is 0.105. The summed E-state index contributed by atoms with van der Waals surface area (Å²) in [7, 11) is 0. The molecule has 3 aromatic rings. The van der Waals surface area contributed by atoms with Crippen LogP contribution in [0.15, 0.2) is 60.8 Å². The van der Waals surface area contributed by atoms with Crippen LogP contribution in [0.3, 0.4) is 0 Å². The maximum absolute atomic E-state index is 14.1. The van der Waals surface area contributed by atoms with Crippen LogP contribution in [-0.4, -0.2) is 27.8 Å². The highest BCUT2D eigenvalue weighted by Gasteiger charge is 2.28. The van der Waals surface area contributed by atoms with Gasteiger partial charge in [0.25, 0.3) is 11.8 Å². The van der Waals surface area contributed by atoms with Crippen LogP contribution in [0.5, 0.6) is 5.75 Å². The van der Waals surface area contributed by atoms with E-state index in [1.165, 1.54) is 12.3 Å². The lowest BCUT2D eigenvalue weighted by Crippen LogP contribution is -2.37. The number of anilines is 1. The number of hydrogen-bond donors (Lipinski definition) is 1. The number of nitrogens with zero attached hydrogens (tertiary/aromatic N) is 2. The van der Waals surface area contributed by atoms with Crippen LogP contribution < -0.4 is 10.1 Å². The highest BCUT2D eigenvalue weighted by atomic mass is 35.5. The number of amides is 2. The first-order chi connectivity index (χ1) is 14.9. The molecule has 1 aliphatic heterocycles. The smallest absolute Gasteiger partial charge is 0.263 e. The predicted molar refractivity (Wildman–Crippen MR) is 114 cm³/mol. The lowest BCUT2D eigenvalue weighted by atomic mass is 10.1. The Kier molecular flexibility index (Phi) is 5.86. The Morgan fingerprint density at radius 1 is 1.26 bits per heavy atom. The van der Waals surface area contributed by atoms with Crippen LogP contribution in [0.25, 0.3) is 0 Å². The predicted octanol–water partition coefficient (Wildman–Crippen LogP) is 4.44. The van der Waals surface area contributed by atoms with Gasteiger partial charge in [0.2, 0.25) is 0 Å². The Balaban J connectivity index is 1.59. The Hall–Kier alpha value is -3.45. The van der Waals surface area contributed by atoms with Gasteiger partial charge in [0, 0.05) is 36.1 Å². The van der Waals surface area contributed by atoms with Crippen molar-refractivity contribution in [1.82, 2.24) is 9.88 Å². The van der Waals surface area contributed by atoms with E-state index in [9.17, 15) is 14.0 Å². The summed E-state index contributed by atoms with van der Waals surface area (Å²) in [5, 5.41) is 2.89. The standard InChI is InChI=1S/C23H19ClFN3O3/c1-14-23(30)28(12-15-5-2-3-7-19(15)25)13-16-11-17(8-9-20(16)31-14)27-22(29)18-6-4-10-26-21(18)24/h2-11,14H,12-13H2,1H3,(H,27,29). The van der Waals surface area contributed by atoms with Crippen LogP contribution in [0.1, 0.15) is 28.4 Å². The second kappa shape index (κ2) is 8.73. The number of aromatic nitrogens is 1. The SMILES string of the molecule is CC1Oc2ccc(NC(=O)c3cccnc3Cl)cc2CN(Cc2ccccc2F)C1=O. The number of rotatable bonds is 4. The van der Waals surface area contributed by atoms with Gasteiger partial charge in [0.15, 0.2) is 6.10 Å². The van der Waals surface area contributed by atoms with E-state index in [4.69, 9.17) is 16.3 Å². The van der Waals surface area contributed by atoms with Gasteiger partial charge < -0.3 is 15.0 Å². The van der Waals surface area contributed by atoms with Crippen LogP contribution in [0.2, 0.25) is 5.15 Å². The number of fused-ring (bicyclic) bond motifs is 1. The first-order valence-electron chi connectivity index (χ1n) is 9.66. The van der Waals surface area contributed by atoms with E-state index in [-0.39, 0.29) is 35.5 Å². The third-order valence-corrected chi connectivity index (χ3v) is 5.27. The van der Waals surface area contributed by atoms with Crippen molar-refractivity contribution in [3.05, 3.63) is 88.5 Å². The van der Waals surface area contributed by atoms with E-state index < -0.39 is 12.0 Å². The van der Waals surface area contributed by atoms with Crippen molar-refractivity contribution >= 4 is 29.1 Å². The lowest BCUT2D eigenvalue weighted by molar-refractivity contribution is -0.138. The molecule has 1 N–H and O–H groups in total. The van der Waals surface area contributed by atoms with Gasteiger partial charge in [-0.3, -0.25) is 9.59 Å². The molecule has 0 radical (unpaired) electrons. The Morgan fingerprint density at radius 3 is 2.84 bits per heavy atom. The summed E-state index contributed by atoms with van der Waals surface area (Å²) >= 11 is 6.00. The molecule has 2 aromatic carbocycles. The molecule has 0 fully saturated rings.